The van der Waals surface area contributed by atoms with E-state index in [0.29, 0.717) is 12.6 Å². The molecule has 1 aliphatic carbocycles. The van der Waals surface area contributed by atoms with E-state index < -0.39 is 0 Å². The number of nitrogens with one attached hydrogen (secondary N) is 1. The Morgan fingerprint density at radius 2 is 2.29 bits per heavy atom. The molecule has 0 bridgehead atoms. The number of aryl methyl sites for hydroxylation is 1. The van der Waals surface area contributed by atoms with Gasteiger partial charge in [0.1, 0.15) is 12.4 Å². The third kappa shape index (κ3) is 3.68. The van der Waals surface area contributed by atoms with Crippen molar-refractivity contribution in [1.82, 2.24) is 5.32 Å². The van der Waals surface area contributed by atoms with Crippen LogP contribution in [-0.4, -0.2) is 6.54 Å². The van der Waals surface area contributed by atoms with Crippen molar-refractivity contribution in [1.29, 1.82) is 0 Å². The van der Waals surface area contributed by atoms with Crippen molar-refractivity contribution in [3.8, 4) is 5.75 Å². The van der Waals surface area contributed by atoms with Gasteiger partial charge in [-0.05, 0) is 71.1 Å². The summed E-state index contributed by atoms with van der Waals surface area (Å²) in [5.74, 6) is 0.975. The number of thiophene rings is 1. The smallest absolute Gasteiger partial charge is 0.122 e. The monoisotopic (exact) mass is 365 g/mol. The molecule has 112 valence electrons. The molecule has 2 nitrogen and oxygen atoms in total. The molecule has 4 heteroatoms. The van der Waals surface area contributed by atoms with E-state index in [1.165, 1.54) is 35.3 Å². The van der Waals surface area contributed by atoms with Gasteiger partial charge in [-0.3, -0.25) is 0 Å². The highest BCUT2D eigenvalue weighted by atomic mass is 79.9. The second kappa shape index (κ2) is 6.95. The molecule has 1 atom stereocenters. The quantitative estimate of drug-likeness (QED) is 0.797. The van der Waals surface area contributed by atoms with E-state index in [2.05, 4.69) is 57.8 Å². The fourth-order valence-electron chi connectivity index (χ4n) is 2.91. The first-order valence-electron chi connectivity index (χ1n) is 7.48. The van der Waals surface area contributed by atoms with Gasteiger partial charge in [-0.2, -0.15) is 0 Å². The molecular formula is C17H20BrNOS. The lowest BCUT2D eigenvalue weighted by Crippen LogP contribution is -2.24. The molecule has 3 rings (SSSR count). The van der Waals surface area contributed by atoms with Crippen molar-refractivity contribution >= 4 is 27.3 Å². The van der Waals surface area contributed by atoms with Crippen LogP contribution in [0.1, 0.15) is 41.8 Å². The Balaban J connectivity index is 1.73. The van der Waals surface area contributed by atoms with E-state index in [0.717, 1.165) is 16.8 Å². The fraction of sp³-hybridized carbons (Fsp3) is 0.412. The zero-order chi connectivity index (χ0) is 14.7. The number of hydrogen-bond donors (Lipinski definition) is 1. The summed E-state index contributed by atoms with van der Waals surface area (Å²) in [5.41, 5.74) is 2.89. The number of hydrogen-bond acceptors (Lipinski definition) is 3. The maximum atomic E-state index is 5.96. The van der Waals surface area contributed by atoms with Crippen LogP contribution in [0.5, 0.6) is 5.75 Å². The van der Waals surface area contributed by atoms with Gasteiger partial charge in [0.05, 0.1) is 0 Å². The van der Waals surface area contributed by atoms with E-state index >= 15 is 0 Å². The number of fused-ring (bicyclic) bond motifs is 1. The lowest BCUT2D eigenvalue weighted by atomic mass is 9.87. The third-order valence-electron chi connectivity index (χ3n) is 3.89. The third-order valence-corrected chi connectivity index (χ3v) is 5.56. The first-order chi connectivity index (χ1) is 10.3. The highest BCUT2D eigenvalue weighted by molar-refractivity contribution is 9.10. The van der Waals surface area contributed by atoms with Crippen LogP contribution in [0.2, 0.25) is 0 Å². The minimum absolute atomic E-state index is 0.484. The van der Waals surface area contributed by atoms with Gasteiger partial charge < -0.3 is 10.1 Å². The van der Waals surface area contributed by atoms with Gasteiger partial charge in [-0.25, -0.2) is 0 Å². The van der Waals surface area contributed by atoms with E-state index in [1.54, 1.807) is 11.3 Å². The molecule has 0 saturated carbocycles. The molecule has 0 saturated heterocycles. The largest absolute Gasteiger partial charge is 0.488 e. The molecule has 1 N–H and O–H groups in total. The van der Waals surface area contributed by atoms with Crippen LogP contribution in [0, 0.1) is 0 Å². The van der Waals surface area contributed by atoms with E-state index in [-0.39, 0.29) is 0 Å². The predicted octanol–water partition coefficient (Wildman–Crippen LogP) is 5.08. The van der Waals surface area contributed by atoms with E-state index in [9.17, 15) is 0 Å². The summed E-state index contributed by atoms with van der Waals surface area (Å²) >= 11 is 5.20. The molecule has 1 aromatic heterocycles. The van der Waals surface area contributed by atoms with Crippen LogP contribution in [0.3, 0.4) is 0 Å². The zero-order valence-corrected chi connectivity index (χ0v) is 14.6. The normalized spacial score (nSPS) is 17.5. The Hall–Kier alpha value is -0.840. The molecule has 21 heavy (non-hydrogen) atoms. The summed E-state index contributed by atoms with van der Waals surface area (Å²) < 4.78 is 7.09. The highest BCUT2D eigenvalue weighted by Gasteiger charge is 2.19. The molecule has 2 aromatic rings. The van der Waals surface area contributed by atoms with Crippen molar-refractivity contribution in [2.75, 3.05) is 6.54 Å². The van der Waals surface area contributed by atoms with Crippen molar-refractivity contribution in [2.24, 2.45) is 0 Å². The molecule has 1 aromatic carbocycles. The SMILES string of the molecule is CCNC1CCCc2ccc(OCc3cc(Br)cs3)cc21. The summed E-state index contributed by atoms with van der Waals surface area (Å²) in [5, 5.41) is 5.68. The lowest BCUT2D eigenvalue weighted by Gasteiger charge is -2.26. The molecule has 0 fully saturated rings. The summed E-state index contributed by atoms with van der Waals surface area (Å²) in [6.45, 7) is 3.82. The average molecular weight is 366 g/mol. The maximum Gasteiger partial charge on any atom is 0.122 e. The summed E-state index contributed by atoms with van der Waals surface area (Å²) in [4.78, 5) is 1.24. The van der Waals surface area contributed by atoms with Gasteiger partial charge in [0.2, 0.25) is 0 Å². The Kier molecular flexibility index (Phi) is 4.99. The van der Waals surface area contributed by atoms with Crippen molar-refractivity contribution in [3.05, 3.63) is 50.1 Å². The topological polar surface area (TPSA) is 21.3 Å². The lowest BCUT2D eigenvalue weighted by molar-refractivity contribution is 0.308. The zero-order valence-electron chi connectivity index (χ0n) is 12.2. The van der Waals surface area contributed by atoms with Gasteiger partial charge in [0.15, 0.2) is 0 Å². The second-order valence-electron chi connectivity index (χ2n) is 5.38. The highest BCUT2D eigenvalue weighted by Crippen LogP contribution is 2.32. The first kappa shape index (κ1) is 15.1. The minimum Gasteiger partial charge on any atom is -0.488 e. The number of rotatable bonds is 5. The van der Waals surface area contributed by atoms with Crippen molar-refractivity contribution < 1.29 is 4.74 Å². The fourth-order valence-corrected chi connectivity index (χ4v) is 4.27. The Morgan fingerprint density at radius 1 is 1.38 bits per heavy atom. The van der Waals surface area contributed by atoms with Crippen molar-refractivity contribution in [2.45, 2.75) is 38.8 Å². The molecule has 0 aliphatic heterocycles. The summed E-state index contributed by atoms with van der Waals surface area (Å²) in [6.07, 6.45) is 3.69. The van der Waals surface area contributed by atoms with Gasteiger partial charge in [-0.15, -0.1) is 11.3 Å². The first-order valence-corrected chi connectivity index (χ1v) is 9.15. The average Bonchev–Trinajstić information content (AvgIpc) is 2.91. The standard InChI is InChI=1S/C17H20BrNOS/c1-2-19-17-5-3-4-12-6-7-14(9-16(12)17)20-10-15-8-13(18)11-21-15/h6-9,11,17,19H,2-5,10H2,1H3. The minimum atomic E-state index is 0.484. The number of ether oxygens (including phenoxy) is 1. The Labute approximate surface area is 138 Å². The summed E-state index contributed by atoms with van der Waals surface area (Å²) in [6, 6.07) is 9.17. The van der Waals surface area contributed by atoms with Gasteiger partial charge in [-0.1, -0.05) is 13.0 Å². The van der Waals surface area contributed by atoms with Crippen LogP contribution in [-0.2, 0) is 13.0 Å². The number of benzene rings is 1. The Bertz CT molecular complexity index is 611. The van der Waals surface area contributed by atoms with Gasteiger partial charge >= 0.3 is 0 Å². The Morgan fingerprint density at radius 3 is 3.05 bits per heavy atom. The van der Waals surface area contributed by atoms with Crippen LogP contribution in [0.25, 0.3) is 0 Å². The molecule has 0 amide bonds. The molecule has 1 aliphatic rings. The van der Waals surface area contributed by atoms with Gasteiger partial charge in [0, 0.05) is 20.8 Å². The van der Waals surface area contributed by atoms with E-state index in [4.69, 9.17) is 4.74 Å². The van der Waals surface area contributed by atoms with Crippen LogP contribution >= 0.6 is 27.3 Å². The molecular weight excluding hydrogens is 346 g/mol. The molecule has 1 heterocycles. The molecule has 0 radical (unpaired) electrons. The summed E-state index contributed by atoms with van der Waals surface area (Å²) in [7, 11) is 0. The van der Waals surface area contributed by atoms with E-state index in [1.807, 2.05) is 0 Å². The van der Waals surface area contributed by atoms with Gasteiger partial charge in [0.25, 0.3) is 0 Å². The van der Waals surface area contributed by atoms with Crippen molar-refractivity contribution in [3.63, 3.8) is 0 Å². The van der Waals surface area contributed by atoms with Crippen LogP contribution < -0.4 is 10.1 Å². The maximum absolute atomic E-state index is 5.96. The second-order valence-corrected chi connectivity index (χ2v) is 7.29. The van der Waals surface area contributed by atoms with Crippen LogP contribution in [0.4, 0.5) is 0 Å². The molecule has 1 unspecified atom stereocenters. The molecule has 0 spiro atoms. The predicted molar refractivity (Wildman–Crippen MR) is 92.1 cm³/mol. The number of halogens is 1. The van der Waals surface area contributed by atoms with Crippen LogP contribution in [0.15, 0.2) is 34.1 Å².